The Bertz CT molecular complexity index is 438. The van der Waals surface area contributed by atoms with Crippen molar-refractivity contribution >= 4 is 17.6 Å². The number of nitrogens with zero attached hydrogens (tertiary/aromatic N) is 1. The molecule has 0 fully saturated rings. The molecule has 18 heavy (non-hydrogen) atoms. The molecule has 100 valence electrons. The van der Waals surface area contributed by atoms with E-state index in [0.29, 0.717) is 17.9 Å². The number of nitrogen functional groups attached to an aromatic ring is 1. The third-order valence-corrected chi connectivity index (χ3v) is 2.25. The van der Waals surface area contributed by atoms with Gasteiger partial charge in [-0.25, -0.2) is 4.79 Å². The fourth-order valence-electron chi connectivity index (χ4n) is 1.53. The van der Waals surface area contributed by atoms with E-state index >= 15 is 0 Å². The van der Waals surface area contributed by atoms with E-state index in [2.05, 4.69) is 5.32 Å². The summed E-state index contributed by atoms with van der Waals surface area (Å²) in [6.45, 7) is 5.89. The third kappa shape index (κ3) is 3.80. The zero-order chi connectivity index (χ0) is 13.7. The predicted molar refractivity (Wildman–Crippen MR) is 68.1 cm³/mol. The summed E-state index contributed by atoms with van der Waals surface area (Å²) < 4.78 is 6.60. The van der Waals surface area contributed by atoms with Crippen LogP contribution in [0.5, 0.6) is 0 Å². The van der Waals surface area contributed by atoms with Crippen LogP contribution in [0.1, 0.15) is 31.3 Å². The van der Waals surface area contributed by atoms with Crippen LogP contribution in [0.2, 0.25) is 0 Å². The summed E-state index contributed by atoms with van der Waals surface area (Å²) in [7, 11) is 0. The van der Waals surface area contributed by atoms with E-state index in [-0.39, 0.29) is 18.6 Å². The fourth-order valence-corrected chi connectivity index (χ4v) is 1.53. The first-order chi connectivity index (χ1) is 8.43. The number of ether oxygens (including phenoxy) is 1. The summed E-state index contributed by atoms with van der Waals surface area (Å²) >= 11 is 0. The van der Waals surface area contributed by atoms with E-state index in [9.17, 15) is 9.59 Å². The normalized spacial score (nSPS) is 10.4. The summed E-state index contributed by atoms with van der Waals surface area (Å²) in [6.07, 6.45) is 1.66. The van der Waals surface area contributed by atoms with Crippen LogP contribution in [0.4, 0.5) is 5.69 Å². The molecule has 6 heteroatoms. The minimum Gasteiger partial charge on any atom is -0.451 e. The molecule has 0 unspecified atom stereocenters. The molecule has 0 radical (unpaired) electrons. The molecule has 0 aliphatic heterocycles. The van der Waals surface area contributed by atoms with Crippen molar-refractivity contribution in [3.8, 4) is 0 Å². The highest BCUT2D eigenvalue weighted by Gasteiger charge is 2.15. The van der Waals surface area contributed by atoms with E-state index in [1.165, 1.54) is 6.07 Å². The van der Waals surface area contributed by atoms with Gasteiger partial charge in [0.15, 0.2) is 6.61 Å². The van der Waals surface area contributed by atoms with E-state index in [1.54, 1.807) is 10.8 Å². The maximum atomic E-state index is 11.7. The van der Waals surface area contributed by atoms with Crippen LogP contribution >= 0.6 is 0 Å². The van der Waals surface area contributed by atoms with Crippen molar-refractivity contribution in [3.05, 3.63) is 18.0 Å². The second-order valence-electron chi connectivity index (χ2n) is 4.24. The average Bonchev–Trinajstić information content (AvgIpc) is 2.66. The lowest BCUT2D eigenvalue weighted by atomic mass is 10.4. The van der Waals surface area contributed by atoms with Gasteiger partial charge in [0.05, 0.1) is 5.69 Å². The summed E-state index contributed by atoms with van der Waals surface area (Å²) in [6, 6.07) is 1.55. The van der Waals surface area contributed by atoms with Crippen molar-refractivity contribution in [1.82, 2.24) is 9.88 Å². The van der Waals surface area contributed by atoms with Crippen molar-refractivity contribution in [1.29, 1.82) is 0 Å². The third-order valence-electron chi connectivity index (χ3n) is 2.25. The molecule has 0 spiro atoms. The Hall–Kier alpha value is -1.98. The zero-order valence-electron chi connectivity index (χ0n) is 10.9. The Balaban J connectivity index is 2.57. The molecule has 0 aliphatic carbocycles. The Morgan fingerprint density at radius 3 is 2.72 bits per heavy atom. The highest BCUT2D eigenvalue weighted by atomic mass is 16.5. The molecule has 0 aliphatic rings. The van der Waals surface area contributed by atoms with Crippen LogP contribution in [-0.4, -0.2) is 29.1 Å². The molecule has 0 saturated heterocycles. The number of anilines is 1. The maximum Gasteiger partial charge on any atom is 0.355 e. The number of nitrogens with two attached hydrogens (primary N) is 1. The van der Waals surface area contributed by atoms with Gasteiger partial charge in [0, 0.05) is 18.8 Å². The van der Waals surface area contributed by atoms with Crippen molar-refractivity contribution in [2.75, 3.05) is 12.3 Å². The lowest BCUT2D eigenvalue weighted by molar-refractivity contribution is -0.124. The zero-order valence-corrected chi connectivity index (χ0v) is 10.9. The first-order valence-corrected chi connectivity index (χ1v) is 5.86. The number of carbonyl (C=O) groups excluding carboxylic acids is 2. The molecular weight excluding hydrogens is 234 g/mol. The minimum absolute atomic E-state index is 0.0198. The predicted octanol–water partition coefficient (Wildman–Crippen LogP) is 0.772. The quantitative estimate of drug-likeness (QED) is 0.759. The van der Waals surface area contributed by atoms with Crippen molar-refractivity contribution in [3.63, 3.8) is 0 Å². The van der Waals surface area contributed by atoms with Crippen LogP contribution in [0.3, 0.4) is 0 Å². The molecule has 0 saturated carbocycles. The number of aryl methyl sites for hydroxylation is 1. The van der Waals surface area contributed by atoms with Crippen LogP contribution in [-0.2, 0) is 16.1 Å². The number of hydrogen-bond acceptors (Lipinski definition) is 4. The van der Waals surface area contributed by atoms with Gasteiger partial charge in [-0.2, -0.15) is 0 Å². The van der Waals surface area contributed by atoms with Crippen molar-refractivity contribution < 1.29 is 14.3 Å². The van der Waals surface area contributed by atoms with Gasteiger partial charge >= 0.3 is 5.97 Å². The number of rotatable bonds is 5. The second-order valence-corrected chi connectivity index (χ2v) is 4.24. The van der Waals surface area contributed by atoms with Gasteiger partial charge < -0.3 is 20.4 Å². The first-order valence-electron chi connectivity index (χ1n) is 5.86. The lowest BCUT2D eigenvalue weighted by Crippen LogP contribution is -2.34. The van der Waals surface area contributed by atoms with E-state index in [1.807, 2.05) is 20.8 Å². The number of nitrogens with one attached hydrogen (secondary N) is 1. The second kappa shape index (κ2) is 6.09. The average molecular weight is 253 g/mol. The Labute approximate surface area is 106 Å². The number of hydrogen-bond donors (Lipinski definition) is 2. The SMILES string of the molecule is CCn1cc(N)cc1C(=O)OCC(=O)NC(C)C. The van der Waals surface area contributed by atoms with E-state index in [0.717, 1.165) is 0 Å². The minimum atomic E-state index is -0.549. The van der Waals surface area contributed by atoms with E-state index < -0.39 is 5.97 Å². The first kappa shape index (κ1) is 14.1. The number of amides is 1. The smallest absolute Gasteiger partial charge is 0.355 e. The lowest BCUT2D eigenvalue weighted by Gasteiger charge is -2.09. The Kier molecular flexibility index (Phi) is 4.76. The fraction of sp³-hybridized carbons (Fsp3) is 0.500. The molecule has 1 rings (SSSR count). The van der Waals surface area contributed by atoms with Gasteiger partial charge in [0.25, 0.3) is 5.91 Å². The van der Waals surface area contributed by atoms with Crippen LogP contribution in [0, 0.1) is 0 Å². The molecule has 1 aromatic heterocycles. The van der Waals surface area contributed by atoms with Crippen LogP contribution < -0.4 is 11.1 Å². The topological polar surface area (TPSA) is 86.3 Å². The summed E-state index contributed by atoms with van der Waals surface area (Å²) in [5, 5.41) is 2.64. The number of aromatic nitrogens is 1. The van der Waals surface area contributed by atoms with Gasteiger partial charge in [-0.15, -0.1) is 0 Å². The Morgan fingerprint density at radius 2 is 2.17 bits per heavy atom. The molecule has 0 aromatic carbocycles. The highest BCUT2D eigenvalue weighted by molar-refractivity contribution is 5.91. The van der Waals surface area contributed by atoms with Gasteiger partial charge in [0.1, 0.15) is 5.69 Å². The van der Waals surface area contributed by atoms with Gasteiger partial charge in [-0.1, -0.05) is 0 Å². The van der Waals surface area contributed by atoms with Gasteiger partial charge in [-0.3, -0.25) is 4.79 Å². The molecule has 1 aromatic rings. The van der Waals surface area contributed by atoms with Crippen molar-refractivity contribution in [2.24, 2.45) is 0 Å². The molecule has 1 heterocycles. The summed E-state index contributed by atoms with van der Waals surface area (Å²) in [5.74, 6) is -0.867. The highest BCUT2D eigenvalue weighted by Crippen LogP contribution is 2.11. The summed E-state index contributed by atoms with van der Waals surface area (Å²) in [5.41, 5.74) is 6.46. The molecular formula is C12H19N3O3. The maximum absolute atomic E-state index is 11.7. The van der Waals surface area contributed by atoms with Crippen molar-refractivity contribution in [2.45, 2.75) is 33.4 Å². The van der Waals surface area contributed by atoms with E-state index in [4.69, 9.17) is 10.5 Å². The number of carbonyl (C=O) groups is 2. The molecule has 6 nitrogen and oxygen atoms in total. The number of esters is 1. The largest absolute Gasteiger partial charge is 0.451 e. The standard InChI is InChI=1S/C12H19N3O3/c1-4-15-6-9(13)5-10(15)12(17)18-7-11(16)14-8(2)3/h5-6,8H,4,7,13H2,1-3H3,(H,14,16). The summed E-state index contributed by atoms with van der Waals surface area (Å²) in [4.78, 5) is 23.1. The van der Waals surface area contributed by atoms with Crippen LogP contribution in [0.15, 0.2) is 12.3 Å². The molecule has 0 bridgehead atoms. The van der Waals surface area contributed by atoms with Crippen LogP contribution in [0.25, 0.3) is 0 Å². The monoisotopic (exact) mass is 253 g/mol. The molecule has 1 amide bonds. The van der Waals surface area contributed by atoms with Gasteiger partial charge in [-0.05, 0) is 26.8 Å². The Morgan fingerprint density at radius 1 is 1.50 bits per heavy atom. The molecule has 3 N–H and O–H groups in total. The van der Waals surface area contributed by atoms with Gasteiger partial charge in [0.2, 0.25) is 0 Å². The molecule has 0 atom stereocenters.